The van der Waals surface area contributed by atoms with Crippen LogP contribution in [0.15, 0.2) is 48.8 Å². The zero-order chi connectivity index (χ0) is 23.4. The number of hydrogen-bond donors (Lipinski definition) is 1. The fourth-order valence-electron chi connectivity index (χ4n) is 3.85. The maximum absolute atomic E-state index is 5.83. The van der Waals surface area contributed by atoms with Crippen LogP contribution >= 0.6 is 0 Å². The van der Waals surface area contributed by atoms with Crippen molar-refractivity contribution >= 4 is 16.7 Å². The number of methoxy groups -OCH3 is 1. The molecule has 0 aliphatic rings. The Balaban J connectivity index is 1.82. The number of fused-ring (bicyclic) bond motifs is 1. The lowest BCUT2D eigenvalue weighted by atomic mass is 10.1. The molecule has 0 aliphatic heterocycles. The van der Waals surface area contributed by atoms with Crippen molar-refractivity contribution in [2.24, 2.45) is 0 Å². The molecule has 33 heavy (non-hydrogen) atoms. The summed E-state index contributed by atoms with van der Waals surface area (Å²) in [6.07, 6.45) is 4.49. The second-order valence-corrected chi connectivity index (χ2v) is 8.05. The summed E-state index contributed by atoms with van der Waals surface area (Å²) < 4.78 is 13.2. The van der Waals surface area contributed by atoms with Crippen LogP contribution in [0.2, 0.25) is 0 Å². The molecule has 0 saturated heterocycles. The van der Waals surface area contributed by atoms with Gasteiger partial charge in [0.1, 0.15) is 22.5 Å². The molecule has 0 fully saturated rings. The molecule has 1 aromatic carbocycles. The Morgan fingerprint density at radius 3 is 2.61 bits per heavy atom. The summed E-state index contributed by atoms with van der Waals surface area (Å²) in [6.45, 7) is 9.57. The van der Waals surface area contributed by atoms with E-state index < -0.39 is 0 Å². The summed E-state index contributed by atoms with van der Waals surface area (Å²) in [5, 5.41) is 8.48. The Kier molecular flexibility index (Phi) is 6.77. The molecule has 0 saturated carbocycles. The standard InChI is InChI=1S/C26H31N5O2/c1-6-17(3)31-26-23(28-15-19-8-10-20(32-5)11-9-19)14-22(29-25(26)18(4)30-31)21-12-13-27-16-24(21)33-7-2/h8-14,16-17H,6-7,15H2,1-5H3,(H,28,29). The van der Waals surface area contributed by atoms with Crippen LogP contribution in [0.3, 0.4) is 0 Å². The first-order valence-electron chi connectivity index (χ1n) is 11.4. The summed E-state index contributed by atoms with van der Waals surface area (Å²) in [7, 11) is 1.68. The summed E-state index contributed by atoms with van der Waals surface area (Å²) in [5.74, 6) is 1.57. The minimum atomic E-state index is 0.260. The number of aromatic nitrogens is 4. The summed E-state index contributed by atoms with van der Waals surface area (Å²) in [4.78, 5) is 9.24. The molecule has 0 aliphatic carbocycles. The van der Waals surface area contributed by atoms with E-state index in [0.29, 0.717) is 13.2 Å². The van der Waals surface area contributed by atoms with Gasteiger partial charge in [0.05, 0.1) is 37.0 Å². The van der Waals surface area contributed by atoms with Crippen molar-refractivity contribution in [1.82, 2.24) is 19.7 Å². The van der Waals surface area contributed by atoms with E-state index in [2.05, 4.69) is 47.0 Å². The lowest BCUT2D eigenvalue weighted by molar-refractivity contribution is 0.340. The number of benzene rings is 1. The molecule has 7 heteroatoms. The molecule has 0 amide bonds. The Morgan fingerprint density at radius 2 is 1.91 bits per heavy atom. The number of anilines is 1. The van der Waals surface area contributed by atoms with Gasteiger partial charge in [0.25, 0.3) is 0 Å². The molecule has 0 radical (unpaired) electrons. The lowest BCUT2D eigenvalue weighted by Gasteiger charge is -2.16. The quantitative estimate of drug-likeness (QED) is 0.351. The van der Waals surface area contributed by atoms with Crippen molar-refractivity contribution in [3.63, 3.8) is 0 Å². The normalized spacial score (nSPS) is 12.0. The van der Waals surface area contributed by atoms with E-state index in [1.165, 1.54) is 0 Å². The van der Waals surface area contributed by atoms with Crippen molar-refractivity contribution in [1.29, 1.82) is 0 Å². The van der Waals surface area contributed by atoms with Crippen molar-refractivity contribution in [2.45, 2.75) is 46.7 Å². The van der Waals surface area contributed by atoms with Gasteiger partial charge in [-0.3, -0.25) is 9.67 Å². The molecule has 0 spiro atoms. The summed E-state index contributed by atoms with van der Waals surface area (Å²) in [6, 6.07) is 12.4. The van der Waals surface area contributed by atoms with Crippen LogP contribution in [0.25, 0.3) is 22.3 Å². The molecule has 4 aromatic rings. The van der Waals surface area contributed by atoms with E-state index in [0.717, 1.165) is 57.2 Å². The highest BCUT2D eigenvalue weighted by molar-refractivity contribution is 5.93. The van der Waals surface area contributed by atoms with Gasteiger partial charge in [-0.15, -0.1) is 0 Å². The van der Waals surface area contributed by atoms with E-state index >= 15 is 0 Å². The highest BCUT2D eigenvalue weighted by Gasteiger charge is 2.20. The van der Waals surface area contributed by atoms with Gasteiger partial charge < -0.3 is 14.8 Å². The number of aryl methyl sites for hydroxylation is 1. The van der Waals surface area contributed by atoms with Crippen LogP contribution in [-0.2, 0) is 6.54 Å². The molecule has 1 atom stereocenters. The molecule has 0 bridgehead atoms. The summed E-state index contributed by atoms with van der Waals surface area (Å²) in [5.41, 5.74) is 6.72. The van der Waals surface area contributed by atoms with Crippen LogP contribution < -0.4 is 14.8 Å². The fraction of sp³-hybridized carbons (Fsp3) is 0.346. The zero-order valence-electron chi connectivity index (χ0n) is 19.9. The number of pyridine rings is 2. The highest BCUT2D eigenvalue weighted by Crippen LogP contribution is 2.35. The third-order valence-corrected chi connectivity index (χ3v) is 5.83. The predicted molar refractivity (Wildman–Crippen MR) is 132 cm³/mol. The zero-order valence-corrected chi connectivity index (χ0v) is 19.9. The van der Waals surface area contributed by atoms with Gasteiger partial charge in [0.2, 0.25) is 0 Å². The lowest BCUT2D eigenvalue weighted by Crippen LogP contribution is -2.09. The average molecular weight is 446 g/mol. The molecule has 1 N–H and O–H groups in total. The average Bonchev–Trinajstić information content (AvgIpc) is 3.19. The van der Waals surface area contributed by atoms with Crippen molar-refractivity contribution < 1.29 is 9.47 Å². The number of nitrogens with zero attached hydrogens (tertiary/aromatic N) is 4. The maximum atomic E-state index is 5.83. The first kappa shape index (κ1) is 22.6. The van der Waals surface area contributed by atoms with Gasteiger partial charge in [0, 0.05) is 24.3 Å². The van der Waals surface area contributed by atoms with E-state index in [-0.39, 0.29) is 6.04 Å². The summed E-state index contributed by atoms with van der Waals surface area (Å²) >= 11 is 0. The monoisotopic (exact) mass is 445 g/mol. The topological polar surface area (TPSA) is 74.1 Å². The highest BCUT2D eigenvalue weighted by atomic mass is 16.5. The fourth-order valence-corrected chi connectivity index (χ4v) is 3.85. The van der Waals surface area contributed by atoms with Crippen LogP contribution in [0.5, 0.6) is 11.5 Å². The van der Waals surface area contributed by atoms with E-state index in [1.807, 2.05) is 32.0 Å². The van der Waals surface area contributed by atoms with Gasteiger partial charge in [-0.1, -0.05) is 19.1 Å². The third kappa shape index (κ3) is 4.62. The van der Waals surface area contributed by atoms with Crippen molar-refractivity contribution in [3.05, 3.63) is 60.0 Å². The van der Waals surface area contributed by atoms with Crippen LogP contribution in [0.4, 0.5) is 5.69 Å². The van der Waals surface area contributed by atoms with Crippen molar-refractivity contribution in [2.75, 3.05) is 19.0 Å². The Hall–Kier alpha value is -3.61. The third-order valence-electron chi connectivity index (χ3n) is 5.83. The second-order valence-electron chi connectivity index (χ2n) is 8.05. The van der Waals surface area contributed by atoms with E-state index in [1.54, 1.807) is 19.5 Å². The van der Waals surface area contributed by atoms with Gasteiger partial charge >= 0.3 is 0 Å². The Bertz CT molecular complexity index is 1230. The molecule has 1 unspecified atom stereocenters. The molecule has 3 heterocycles. The van der Waals surface area contributed by atoms with E-state index in [4.69, 9.17) is 19.6 Å². The Labute approximate surface area is 194 Å². The van der Waals surface area contributed by atoms with Crippen molar-refractivity contribution in [3.8, 4) is 22.8 Å². The molecular formula is C26H31N5O2. The van der Waals surface area contributed by atoms with Gasteiger partial charge in [-0.05, 0) is 57.0 Å². The maximum Gasteiger partial charge on any atom is 0.146 e. The largest absolute Gasteiger partial charge is 0.497 e. The minimum Gasteiger partial charge on any atom is -0.497 e. The smallest absolute Gasteiger partial charge is 0.146 e. The van der Waals surface area contributed by atoms with Gasteiger partial charge in [0.15, 0.2) is 0 Å². The molecular weight excluding hydrogens is 414 g/mol. The minimum absolute atomic E-state index is 0.260. The second kappa shape index (κ2) is 9.90. The Morgan fingerprint density at radius 1 is 1.12 bits per heavy atom. The van der Waals surface area contributed by atoms with Crippen LogP contribution in [0, 0.1) is 6.92 Å². The SMILES string of the molecule is CCOc1cnccc1-c1cc(NCc2ccc(OC)cc2)c2c(n1)c(C)nn2C(C)CC. The molecule has 7 nitrogen and oxygen atoms in total. The first-order chi connectivity index (χ1) is 16.0. The van der Waals surface area contributed by atoms with Gasteiger partial charge in [-0.25, -0.2) is 4.98 Å². The number of rotatable bonds is 9. The predicted octanol–water partition coefficient (Wildman–Crippen LogP) is 5.79. The molecule has 4 rings (SSSR count). The van der Waals surface area contributed by atoms with Crippen LogP contribution in [-0.4, -0.2) is 33.5 Å². The number of nitrogens with one attached hydrogen (secondary N) is 1. The molecule has 172 valence electrons. The number of ether oxygens (including phenoxy) is 2. The number of hydrogen-bond acceptors (Lipinski definition) is 6. The van der Waals surface area contributed by atoms with Gasteiger partial charge in [-0.2, -0.15) is 5.10 Å². The molecule has 3 aromatic heterocycles. The van der Waals surface area contributed by atoms with Crippen LogP contribution in [0.1, 0.15) is 44.5 Å². The first-order valence-corrected chi connectivity index (χ1v) is 11.4. The van der Waals surface area contributed by atoms with E-state index in [9.17, 15) is 0 Å².